The molecule has 110 valence electrons. The summed E-state index contributed by atoms with van der Waals surface area (Å²) in [7, 11) is 0. The molecule has 0 amide bonds. The summed E-state index contributed by atoms with van der Waals surface area (Å²) in [6, 6.07) is 2.97. The molecule has 4 heteroatoms. The van der Waals surface area contributed by atoms with Crippen molar-refractivity contribution in [2.75, 3.05) is 18.0 Å². The van der Waals surface area contributed by atoms with E-state index in [1.807, 2.05) is 6.20 Å². The standard InChI is InChI=1S/C16H24BrN3/c1-2-3-12-6-7-20(11-12)16-13(8-14(17)10-19-16)9-18-15-4-5-15/h8,10,12,15,18H,2-7,9,11H2,1H3. The van der Waals surface area contributed by atoms with Crippen molar-refractivity contribution in [1.82, 2.24) is 10.3 Å². The molecular weight excluding hydrogens is 314 g/mol. The molecule has 1 N–H and O–H groups in total. The van der Waals surface area contributed by atoms with Crippen molar-refractivity contribution in [3.05, 3.63) is 22.3 Å². The first-order chi connectivity index (χ1) is 9.76. The van der Waals surface area contributed by atoms with Gasteiger partial charge in [-0.3, -0.25) is 0 Å². The van der Waals surface area contributed by atoms with E-state index in [0.717, 1.165) is 29.5 Å². The summed E-state index contributed by atoms with van der Waals surface area (Å²) in [4.78, 5) is 7.18. The monoisotopic (exact) mass is 337 g/mol. The predicted molar refractivity (Wildman–Crippen MR) is 87.0 cm³/mol. The molecule has 1 aliphatic heterocycles. The van der Waals surface area contributed by atoms with Crippen molar-refractivity contribution in [2.45, 2.75) is 51.6 Å². The van der Waals surface area contributed by atoms with Crippen molar-refractivity contribution in [3.63, 3.8) is 0 Å². The third kappa shape index (κ3) is 3.53. The van der Waals surface area contributed by atoms with Crippen LogP contribution in [-0.2, 0) is 6.54 Å². The van der Waals surface area contributed by atoms with Gasteiger partial charge in [-0.05, 0) is 53.6 Å². The number of nitrogens with one attached hydrogen (secondary N) is 1. The number of hydrogen-bond acceptors (Lipinski definition) is 3. The highest BCUT2D eigenvalue weighted by Gasteiger charge is 2.25. The lowest BCUT2D eigenvalue weighted by atomic mass is 10.0. The maximum Gasteiger partial charge on any atom is 0.133 e. The fourth-order valence-electron chi connectivity index (χ4n) is 3.10. The third-order valence-corrected chi connectivity index (χ3v) is 4.78. The minimum atomic E-state index is 0.744. The molecule has 1 saturated heterocycles. The number of halogens is 1. The first-order valence-corrected chi connectivity index (χ1v) is 8.68. The molecule has 1 unspecified atom stereocenters. The highest BCUT2D eigenvalue weighted by molar-refractivity contribution is 9.10. The molecule has 3 nitrogen and oxygen atoms in total. The van der Waals surface area contributed by atoms with Gasteiger partial charge in [-0.1, -0.05) is 13.3 Å². The molecule has 1 aromatic rings. The van der Waals surface area contributed by atoms with Gasteiger partial charge in [0.15, 0.2) is 0 Å². The molecule has 0 radical (unpaired) electrons. The van der Waals surface area contributed by atoms with Crippen LogP contribution >= 0.6 is 15.9 Å². The average Bonchev–Trinajstić information content (AvgIpc) is 3.16. The maximum absolute atomic E-state index is 4.69. The van der Waals surface area contributed by atoms with Crippen LogP contribution in [0.4, 0.5) is 5.82 Å². The van der Waals surface area contributed by atoms with Gasteiger partial charge in [0.05, 0.1) is 0 Å². The third-order valence-electron chi connectivity index (χ3n) is 4.35. The van der Waals surface area contributed by atoms with E-state index in [1.165, 1.54) is 50.0 Å². The fourth-order valence-corrected chi connectivity index (χ4v) is 3.48. The van der Waals surface area contributed by atoms with Crippen molar-refractivity contribution in [3.8, 4) is 0 Å². The average molecular weight is 338 g/mol. The molecule has 1 aromatic heterocycles. The second-order valence-corrected chi connectivity index (χ2v) is 7.10. The number of anilines is 1. The molecule has 2 aliphatic rings. The Labute approximate surface area is 130 Å². The molecule has 20 heavy (non-hydrogen) atoms. The first kappa shape index (κ1) is 14.3. The molecule has 2 heterocycles. The summed E-state index contributed by atoms with van der Waals surface area (Å²) in [5.74, 6) is 2.05. The lowest BCUT2D eigenvalue weighted by molar-refractivity contribution is 0.529. The minimum Gasteiger partial charge on any atom is -0.356 e. The van der Waals surface area contributed by atoms with Crippen LogP contribution in [0.5, 0.6) is 0 Å². The van der Waals surface area contributed by atoms with Crippen molar-refractivity contribution >= 4 is 21.7 Å². The minimum absolute atomic E-state index is 0.744. The molecule has 2 fully saturated rings. The van der Waals surface area contributed by atoms with Gasteiger partial charge in [-0.2, -0.15) is 0 Å². The van der Waals surface area contributed by atoms with E-state index in [-0.39, 0.29) is 0 Å². The van der Waals surface area contributed by atoms with E-state index in [4.69, 9.17) is 4.98 Å². The molecule has 0 spiro atoms. The first-order valence-electron chi connectivity index (χ1n) is 7.89. The molecule has 1 saturated carbocycles. The van der Waals surface area contributed by atoms with Gasteiger partial charge >= 0.3 is 0 Å². The number of aromatic nitrogens is 1. The van der Waals surface area contributed by atoms with E-state index < -0.39 is 0 Å². The zero-order valence-corrected chi connectivity index (χ0v) is 13.8. The Hall–Kier alpha value is -0.610. The lowest BCUT2D eigenvalue weighted by Crippen LogP contribution is -2.24. The van der Waals surface area contributed by atoms with Crippen LogP contribution < -0.4 is 10.2 Å². The summed E-state index contributed by atoms with van der Waals surface area (Å²) in [6.07, 6.45) is 8.56. The van der Waals surface area contributed by atoms with Gasteiger partial charge in [-0.25, -0.2) is 4.98 Å². The Morgan fingerprint density at radius 2 is 2.25 bits per heavy atom. The fraction of sp³-hybridized carbons (Fsp3) is 0.688. The Kier molecular flexibility index (Phi) is 4.61. The topological polar surface area (TPSA) is 28.2 Å². The Morgan fingerprint density at radius 1 is 1.40 bits per heavy atom. The van der Waals surface area contributed by atoms with Gasteiger partial charge in [0.2, 0.25) is 0 Å². The van der Waals surface area contributed by atoms with Gasteiger partial charge in [-0.15, -0.1) is 0 Å². The van der Waals surface area contributed by atoms with Crippen molar-refractivity contribution in [2.24, 2.45) is 5.92 Å². The summed E-state index contributed by atoms with van der Waals surface area (Å²) >= 11 is 3.56. The Bertz CT molecular complexity index is 459. The Morgan fingerprint density at radius 3 is 3.00 bits per heavy atom. The highest BCUT2D eigenvalue weighted by Crippen LogP contribution is 2.29. The van der Waals surface area contributed by atoms with Crippen LogP contribution in [0.15, 0.2) is 16.7 Å². The smallest absolute Gasteiger partial charge is 0.133 e. The number of rotatable bonds is 6. The SMILES string of the molecule is CCCC1CCN(c2ncc(Br)cc2CNC2CC2)C1. The van der Waals surface area contributed by atoms with Crippen LogP contribution in [0, 0.1) is 5.92 Å². The predicted octanol–water partition coefficient (Wildman–Crippen LogP) is 3.72. The van der Waals surface area contributed by atoms with Crippen molar-refractivity contribution < 1.29 is 0 Å². The molecule has 1 atom stereocenters. The normalized spacial score (nSPS) is 22.5. The summed E-state index contributed by atoms with van der Waals surface area (Å²) in [5.41, 5.74) is 1.34. The van der Waals surface area contributed by atoms with Crippen LogP contribution in [0.25, 0.3) is 0 Å². The summed E-state index contributed by atoms with van der Waals surface area (Å²) in [5, 5.41) is 3.61. The quantitative estimate of drug-likeness (QED) is 0.857. The van der Waals surface area contributed by atoms with Gasteiger partial charge in [0, 0.05) is 41.9 Å². The largest absolute Gasteiger partial charge is 0.356 e. The molecule has 3 rings (SSSR count). The van der Waals surface area contributed by atoms with E-state index in [0.29, 0.717) is 0 Å². The summed E-state index contributed by atoms with van der Waals surface area (Å²) in [6.45, 7) is 5.57. The zero-order valence-electron chi connectivity index (χ0n) is 12.2. The molecule has 0 aromatic carbocycles. The number of hydrogen-bond donors (Lipinski definition) is 1. The number of nitrogens with zero attached hydrogens (tertiary/aromatic N) is 2. The van der Waals surface area contributed by atoms with Gasteiger partial charge in [0.25, 0.3) is 0 Å². The van der Waals surface area contributed by atoms with Crippen LogP contribution in [-0.4, -0.2) is 24.1 Å². The lowest BCUT2D eigenvalue weighted by Gasteiger charge is -2.21. The van der Waals surface area contributed by atoms with Crippen molar-refractivity contribution in [1.29, 1.82) is 0 Å². The van der Waals surface area contributed by atoms with Gasteiger partial charge < -0.3 is 10.2 Å². The molecule has 0 bridgehead atoms. The van der Waals surface area contributed by atoms with E-state index in [9.17, 15) is 0 Å². The molecular formula is C16H24BrN3. The highest BCUT2D eigenvalue weighted by atomic mass is 79.9. The van der Waals surface area contributed by atoms with Gasteiger partial charge in [0.1, 0.15) is 5.82 Å². The Balaban J connectivity index is 1.70. The summed E-state index contributed by atoms with van der Waals surface area (Å²) < 4.78 is 1.08. The zero-order chi connectivity index (χ0) is 13.9. The van der Waals surface area contributed by atoms with Crippen LogP contribution in [0.2, 0.25) is 0 Å². The van der Waals surface area contributed by atoms with E-state index in [1.54, 1.807) is 0 Å². The van der Waals surface area contributed by atoms with Crippen LogP contribution in [0.1, 0.15) is 44.6 Å². The second kappa shape index (κ2) is 6.44. The number of pyridine rings is 1. The molecule has 1 aliphatic carbocycles. The van der Waals surface area contributed by atoms with Crippen LogP contribution in [0.3, 0.4) is 0 Å². The van der Waals surface area contributed by atoms with E-state index in [2.05, 4.69) is 39.1 Å². The van der Waals surface area contributed by atoms with E-state index >= 15 is 0 Å². The maximum atomic E-state index is 4.69. The second-order valence-electron chi connectivity index (χ2n) is 6.18.